The topological polar surface area (TPSA) is 54.4 Å². The first-order valence-corrected chi connectivity index (χ1v) is 6.95. The fourth-order valence-corrected chi connectivity index (χ4v) is 2.79. The zero-order chi connectivity index (χ0) is 14.7. The molecule has 0 saturated heterocycles. The van der Waals surface area contributed by atoms with Crippen LogP contribution < -0.4 is 0 Å². The highest BCUT2D eigenvalue weighted by Gasteiger charge is 2.14. The largest absolute Gasteiger partial charge is 0.478 e. The van der Waals surface area contributed by atoms with Crippen LogP contribution >= 0.6 is 0 Å². The number of benzene rings is 2. The molecule has 0 aliphatic carbocycles. The Morgan fingerprint density at radius 3 is 2.55 bits per heavy atom. The Kier molecular flexibility index (Phi) is 4.24. The molecule has 1 atom stereocenters. The molecule has 104 valence electrons. The zero-order valence-corrected chi connectivity index (χ0v) is 11.0. The predicted octanol–water partition coefficient (Wildman–Crippen LogP) is 2.97. The highest BCUT2D eigenvalue weighted by molar-refractivity contribution is 7.84. The Balaban J connectivity index is 2.26. The maximum Gasteiger partial charge on any atom is 0.338 e. The zero-order valence-electron chi connectivity index (χ0n) is 10.2. The van der Waals surface area contributed by atoms with Gasteiger partial charge in [-0.1, -0.05) is 12.1 Å². The minimum Gasteiger partial charge on any atom is -0.478 e. The molecule has 0 radical (unpaired) electrons. The molecule has 2 aromatic rings. The second-order valence-corrected chi connectivity index (χ2v) is 5.52. The van der Waals surface area contributed by atoms with E-state index >= 15 is 0 Å². The number of halogens is 2. The summed E-state index contributed by atoms with van der Waals surface area (Å²) in [6.45, 7) is 0. The molecule has 1 unspecified atom stereocenters. The van der Waals surface area contributed by atoms with Gasteiger partial charge in [0.2, 0.25) is 0 Å². The van der Waals surface area contributed by atoms with Gasteiger partial charge in [0.05, 0.1) is 22.1 Å². The molecule has 0 aliphatic heterocycles. The van der Waals surface area contributed by atoms with E-state index < -0.39 is 34.0 Å². The van der Waals surface area contributed by atoms with Gasteiger partial charge in [-0.25, -0.2) is 13.6 Å². The second-order valence-electron chi connectivity index (χ2n) is 4.07. The van der Waals surface area contributed by atoms with Gasteiger partial charge in [0.25, 0.3) is 0 Å². The van der Waals surface area contributed by atoms with Crippen molar-refractivity contribution in [3.63, 3.8) is 0 Å². The van der Waals surface area contributed by atoms with Crippen molar-refractivity contribution in [3.05, 3.63) is 65.2 Å². The fourth-order valence-electron chi connectivity index (χ4n) is 1.67. The van der Waals surface area contributed by atoms with Crippen LogP contribution in [0.3, 0.4) is 0 Å². The number of hydrogen-bond acceptors (Lipinski definition) is 2. The molecule has 2 rings (SSSR count). The molecule has 20 heavy (non-hydrogen) atoms. The quantitative estimate of drug-likeness (QED) is 0.943. The summed E-state index contributed by atoms with van der Waals surface area (Å²) in [6, 6.07) is 8.89. The van der Waals surface area contributed by atoms with Gasteiger partial charge in [0.1, 0.15) is 11.6 Å². The standard InChI is InChI=1S/C14H10F2O3S/c15-10-3-1-2-9(6-10)8-20(19)11-4-5-13(16)12(7-11)14(17)18/h1-7H,8H2,(H,17,18). The first kappa shape index (κ1) is 14.3. The van der Waals surface area contributed by atoms with Crippen LogP contribution in [0.2, 0.25) is 0 Å². The lowest BCUT2D eigenvalue weighted by molar-refractivity contribution is 0.0691. The highest BCUT2D eigenvalue weighted by atomic mass is 32.2. The third kappa shape index (κ3) is 3.27. The number of carbonyl (C=O) groups is 1. The van der Waals surface area contributed by atoms with Gasteiger partial charge in [-0.3, -0.25) is 4.21 Å². The molecule has 0 aliphatic rings. The minimum atomic E-state index is -1.57. The number of carboxylic acid groups (broad SMARTS) is 1. The van der Waals surface area contributed by atoms with Crippen LogP contribution in [-0.2, 0) is 16.6 Å². The fraction of sp³-hybridized carbons (Fsp3) is 0.0714. The van der Waals surface area contributed by atoms with E-state index in [0.29, 0.717) is 5.56 Å². The maximum absolute atomic E-state index is 13.2. The Bertz CT molecular complexity index is 686. The summed E-state index contributed by atoms with van der Waals surface area (Å²) >= 11 is 0. The van der Waals surface area contributed by atoms with Crippen LogP contribution in [0, 0.1) is 11.6 Å². The predicted molar refractivity (Wildman–Crippen MR) is 69.9 cm³/mol. The third-order valence-corrected chi connectivity index (χ3v) is 3.99. The van der Waals surface area contributed by atoms with E-state index in [4.69, 9.17) is 5.11 Å². The smallest absolute Gasteiger partial charge is 0.338 e. The van der Waals surface area contributed by atoms with E-state index in [1.165, 1.54) is 24.3 Å². The van der Waals surface area contributed by atoms with E-state index in [1.807, 2.05) is 0 Å². The molecule has 0 saturated carbocycles. The summed E-state index contributed by atoms with van der Waals surface area (Å²) in [5, 5.41) is 8.81. The van der Waals surface area contributed by atoms with Gasteiger partial charge in [-0.2, -0.15) is 0 Å². The summed E-state index contributed by atoms with van der Waals surface area (Å²) < 4.78 is 38.3. The monoisotopic (exact) mass is 296 g/mol. The van der Waals surface area contributed by atoms with Gasteiger partial charge >= 0.3 is 5.97 Å². The number of rotatable bonds is 4. The van der Waals surface area contributed by atoms with Crippen molar-refractivity contribution in [2.24, 2.45) is 0 Å². The van der Waals surface area contributed by atoms with Crippen LogP contribution in [0.1, 0.15) is 15.9 Å². The Morgan fingerprint density at radius 1 is 1.15 bits per heavy atom. The summed E-state index contributed by atoms with van der Waals surface area (Å²) in [5.41, 5.74) is -0.0142. The molecule has 0 amide bonds. The normalized spacial score (nSPS) is 12.1. The van der Waals surface area contributed by atoms with Crippen molar-refractivity contribution in [2.45, 2.75) is 10.6 Å². The van der Waals surface area contributed by atoms with E-state index in [0.717, 1.165) is 12.1 Å². The van der Waals surface area contributed by atoms with Crippen molar-refractivity contribution in [1.29, 1.82) is 0 Å². The summed E-state index contributed by atoms with van der Waals surface area (Å²) in [5.74, 6) is -2.72. The molecule has 0 aromatic heterocycles. The highest BCUT2D eigenvalue weighted by Crippen LogP contribution is 2.17. The van der Waals surface area contributed by atoms with Crippen LogP contribution in [-0.4, -0.2) is 15.3 Å². The molecule has 0 bridgehead atoms. The number of aromatic carboxylic acids is 1. The lowest BCUT2D eigenvalue weighted by Crippen LogP contribution is -2.04. The molecular formula is C14H10F2O3S. The van der Waals surface area contributed by atoms with E-state index in [1.54, 1.807) is 6.07 Å². The molecule has 3 nitrogen and oxygen atoms in total. The maximum atomic E-state index is 13.2. The first-order chi connectivity index (χ1) is 9.47. The molecular weight excluding hydrogens is 286 g/mol. The minimum absolute atomic E-state index is 0.0302. The SMILES string of the molecule is O=C(O)c1cc(S(=O)Cc2cccc(F)c2)ccc1F. The lowest BCUT2D eigenvalue weighted by atomic mass is 10.2. The Hall–Kier alpha value is -2.08. The summed E-state index contributed by atoms with van der Waals surface area (Å²) in [4.78, 5) is 11.0. The Labute approximate surface area is 116 Å². The molecule has 0 heterocycles. The van der Waals surface area contributed by atoms with E-state index in [2.05, 4.69) is 0 Å². The third-order valence-electron chi connectivity index (χ3n) is 2.62. The van der Waals surface area contributed by atoms with Crippen molar-refractivity contribution in [3.8, 4) is 0 Å². The van der Waals surface area contributed by atoms with Crippen LogP contribution in [0.25, 0.3) is 0 Å². The van der Waals surface area contributed by atoms with Crippen LogP contribution in [0.5, 0.6) is 0 Å². The number of carboxylic acids is 1. The van der Waals surface area contributed by atoms with Crippen LogP contribution in [0.4, 0.5) is 8.78 Å². The van der Waals surface area contributed by atoms with Gasteiger partial charge in [-0.15, -0.1) is 0 Å². The van der Waals surface area contributed by atoms with Crippen LogP contribution in [0.15, 0.2) is 47.4 Å². The first-order valence-electron chi connectivity index (χ1n) is 5.63. The molecule has 1 N–H and O–H groups in total. The Morgan fingerprint density at radius 2 is 1.90 bits per heavy atom. The van der Waals surface area contributed by atoms with E-state index in [-0.39, 0.29) is 10.6 Å². The van der Waals surface area contributed by atoms with Crippen molar-refractivity contribution in [1.82, 2.24) is 0 Å². The number of hydrogen-bond donors (Lipinski definition) is 1. The average Bonchev–Trinajstić information content (AvgIpc) is 2.38. The lowest BCUT2D eigenvalue weighted by Gasteiger charge is -2.05. The van der Waals surface area contributed by atoms with E-state index in [9.17, 15) is 17.8 Å². The average molecular weight is 296 g/mol. The molecule has 6 heteroatoms. The van der Waals surface area contributed by atoms with Gasteiger partial charge in [-0.05, 0) is 35.9 Å². The summed E-state index contributed by atoms with van der Waals surface area (Å²) in [7, 11) is -1.57. The van der Waals surface area contributed by atoms with Gasteiger partial charge in [0, 0.05) is 4.90 Å². The molecule has 0 spiro atoms. The molecule has 0 fully saturated rings. The van der Waals surface area contributed by atoms with Crippen molar-refractivity contribution >= 4 is 16.8 Å². The molecule has 2 aromatic carbocycles. The van der Waals surface area contributed by atoms with Gasteiger partial charge in [0.15, 0.2) is 0 Å². The van der Waals surface area contributed by atoms with Gasteiger partial charge < -0.3 is 5.11 Å². The second kappa shape index (κ2) is 5.92. The van der Waals surface area contributed by atoms with Crippen molar-refractivity contribution in [2.75, 3.05) is 0 Å². The van der Waals surface area contributed by atoms with Crippen molar-refractivity contribution < 1.29 is 22.9 Å². The summed E-state index contributed by atoms with van der Waals surface area (Å²) in [6.07, 6.45) is 0.